The summed E-state index contributed by atoms with van der Waals surface area (Å²) in [6.07, 6.45) is 1.86. The van der Waals surface area contributed by atoms with Crippen LogP contribution in [0.25, 0.3) is 16.9 Å². The first kappa shape index (κ1) is 18.2. The molecule has 2 amide bonds. The summed E-state index contributed by atoms with van der Waals surface area (Å²) < 4.78 is 1.98. The predicted octanol–water partition coefficient (Wildman–Crippen LogP) is 1.55. The third kappa shape index (κ3) is 3.25. The quantitative estimate of drug-likeness (QED) is 0.751. The molecule has 0 radical (unpaired) electrons. The van der Waals surface area contributed by atoms with Gasteiger partial charge in [-0.25, -0.2) is 4.98 Å². The molecule has 1 aliphatic rings. The van der Waals surface area contributed by atoms with E-state index in [0.29, 0.717) is 31.7 Å². The number of piperazine rings is 1. The second-order valence-electron chi connectivity index (χ2n) is 6.93. The van der Waals surface area contributed by atoms with Gasteiger partial charge in [0.2, 0.25) is 5.91 Å². The molecule has 0 saturated carbocycles. The van der Waals surface area contributed by atoms with Crippen LogP contribution in [0.15, 0.2) is 48.7 Å². The van der Waals surface area contributed by atoms with Crippen LogP contribution in [0.4, 0.5) is 0 Å². The zero-order valence-corrected chi connectivity index (χ0v) is 15.8. The molecule has 144 valence electrons. The topological polar surface area (TPSA) is 83.9 Å². The molecule has 7 nitrogen and oxygen atoms in total. The highest BCUT2D eigenvalue weighted by atomic mass is 16.2. The number of carbonyl (C=O) groups is 2. The summed E-state index contributed by atoms with van der Waals surface area (Å²) in [6.45, 7) is 4.04. The molecule has 0 spiro atoms. The van der Waals surface area contributed by atoms with Crippen molar-refractivity contribution in [3.63, 3.8) is 0 Å². The van der Waals surface area contributed by atoms with Gasteiger partial charge in [-0.2, -0.15) is 0 Å². The van der Waals surface area contributed by atoms with E-state index in [0.717, 1.165) is 22.6 Å². The van der Waals surface area contributed by atoms with E-state index in [-0.39, 0.29) is 18.4 Å². The van der Waals surface area contributed by atoms with E-state index in [9.17, 15) is 9.59 Å². The van der Waals surface area contributed by atoms with Crippen LogP contribution in [-0.4, -0.2) is 63.7 Å². The maximum atomic E-state index is 13.0. The Morgan fingerprint density at radius 1 is 1.00 bits per heavy atom. The molecule has 1 fully saturated rings. The van der Waals surface area contributed by atoms with E-state index >= 15 is 0 Å². The van der Waals surface area contributed by atoms with E-state index in [1.54, 1.807) is 9.80 Å². The third-order valence-corrected chi connectivity index (χ3v) is 5.18. The third-order valence-electron chi connectivity index (χ3n) is 5.18. The number of nitrogens with two attached hydrogens (primary N) is 1. The lowest BCUT2D eigenvalue weighted by Crippen LogP contribution is -2.51. The molecule has 3 heterocycles. The summed E-state index contributed by atoms with van der Waals surface area (Å²) in [5.41, 5.74) is 9.82. The van der Waals surface area contributed by atoms with Crippen molar-refractivity contribution in [1.29, 1.82) is 0 Å². The van der Waals surface area contributed by atoms with Crippen molar-refractivity contribution in [2.75, 3.05) is 32.7 Å². The number of rotatable bonds is 3. The van der Waals surface area contributed by atoms with Gasteiger partial charge in [-0.1, -0.05) is 30.3 Å². The van der Waals surface area contributed by atoms with Crippen molar-refractivity contribution in [2.45, 2.75) is 6.92 Å². The van der Waals surface area contributed by atoms with Crippen molar-refractivity contribution >= 4 is 17.5 Å². The molecule has 0 atom stereocenters. The van der Waals surface area contributed by atoms with Crippen molar-refractivity contribution in [3.05, 3.63) is 59.9 Å². The zero-order valence-electron chi connectivity index (χ0n) is 15.8. The van der Waals surface area contributed by atoms with E-state index in [4.69, 9.17) is 5.73 Å². The van der Waals surface area contributed by atoms with Crippen LogP contribution >= 0.6 is 0 Å². The minimum absolute atomic E-state index is 0.00680. The highest BCUT2D eigenvalue weighted by Crippen LogP contribution is 2.25. The number of imidazole rings is 1. The summed E-state index contributed by atoms with van der Waals surface area (Å²) in [5, 5.41) is 0. The number of benzene rings is 1. The summed E-state index contributed by atoms with van der Waals surface area (Å²) in [5.74, 6) is -0.109. The molecule has 2 aromatic heterocycles. The molecule has 0 unspecified atom stereocenters. The monoisotopic (exact) mass is 377 g/mol. The van der Waals surface area contributed by atoms with Gasteiger partial charge in [0.1, 0.15) is 5.65 Å². The van der Waals surface area contributed by atoms with Gasteiger partial charge in [-0.3, -0.25) is 14.0 Å². The van der Waals surface area contributed by atoms with E-state index in [2.05, 4.69) is 4.98 Å². The lowest BCUT2D eigenvalue weighted by atomic mass is 10.1. The van der Waals surface area contributed by atoms with Crippen LogP contribution in [-0.2, 0) is 4.79 Å². The largest absolute Gasteiger partial charge is 0.338 e. The lowest BCUT2D eigenvalue weighted by molar-refractivity contribution is -0.131. The minimum Gasteiger partial charge on any atom is -0.338 e. The van der Waals surface area contributed by atoms with Crippen molar-refractivity contribution in [3.8, 4) is 11.3 Å². The smallest absolute Gasteiger partial charge is 0.255 e. The predicted molar refractivity (Wildman–Crippen MR) is 107 cm³/mol. The molecule has 7 heteroatoms. The van der Waals surface area contributed by atoms with Crippen molar-refractivity contribution in [2.24, 2.45) is 5.73 Å². The van der Waals surface area contributed by atoms with E-state index in [1.807, 2.05) is 60.0 Å². The molecular weight excluding hydrogens is 354 g/mol. The molecule has 1 aromatic carbocycles. The number of nitrogens with zero attached hydrogens (tertiary/aromatic N) is 4. The van der Waals surface area contributed by atoms with Gasteiger partial charge in [0, 0.05) is 37.9 Å². The summed E-state index contributed by atoms with van der Waals surface area (Å²) in [4.78, 5) is 32.8. The minimum atomic E-state index is -0.0742. The molecule has 2 N–H and O–H groups in total. The number of aryl methyl sites for hydroxylation is 1. The molecule has 4 rings (SSSR count). The van der Waals surface area contributed by atoms with Gasteiger partial charge >= 0.3 is 0 Å². The Balaban J connectivity index is 1.61. The number of hydrogen-bond donors (Lipinski definition) is 1. The summed E-state index contributed by atoms with van der Waals surface area (Å²) >= 11 is 0. The Morgan fingerprint density at radius 2 is 1.68 bits per heavy atom. The van der Waals surface area contributed by atoms with E-state index in [1.165, 1.54) is 0 Å². The average molecular weight is 377 g/mol. The number of carbonyl (C=O) groups excluding carboxylic acids is 2. The molecule has 1 aliphatic heterocycles. The molecule has 1 saturated heterocycles. The fourth-order valence-electron chi connectivity index (χ4n) is 3.70. The molecule has 0 bridgehead atoms. The first-order valence-corrected chi connectivity index (χ1v) is 9.39. The van der Waals surface area contributed by atoms with Gasteiger partial charge in [-0.05, 0) is 19.1 Å². The first-order valence-electron chi connectivity index (χ1n) is 9.39. The van der Waals surface area contributed by atoms with Gasteiger partial charge in [0.05, 0.1) is 23.5 Å². The Morgan fingerprint density at radius 3 is 2.36 bits per heavy atom. The summed E-state index contributed by atoms with van der Waals surface area (Å²) in [6, 6.07) is 13.7. The number of aromatic nitrogens is 2. The molecule has 0 aliphatic carbocycles. The Kier molecular flexibility index (Phi) is 4.83. The van der Waals surface area contributed by atoms with Crippen molar-refractivity contribution < 1.29 is 9.59 Å². The zero-order chi connectivity index (χ0) is 19.7. The van der Waals surface area contributed by atoms with Crippen LogP contribution in [0.1, 0.15) is 16.1 Å². The number of hydrogen-bond acceptors (Lipinski definition) is 4. The fourth-order valence-corrected chi connectivity index (χ4v) is 3.70. The SMILES string of the molecule is Cc1nc2ccc(C(=O)N3CCN(C(=O)CN)CC3)cn2c1-c1ccccc1. The molecule has 3 aromatic rings. The number of pyridine rings is 1. The molecular formula is C21H23N5O2. The Hall–Kier alpha value is -3.19. The van der Waals surface area contributed by atoms with Crippen molar-refractivity contribution in [1.82, 2.24) is 19.2 Å². The van der Waals surface area contributed by atoms with E-state index < -0.39 is 0 Å². The first-order chi connectivity index (χ1) is 13.6. The van der Waals surface area contributed by atoms with Crippen LogP contribution in [0.3, 0.4) is 0 Å². The number of amides is 2. The highest BCUT2D eigenvalue weighted by Gasteiger charge is 2.24. The normalized spacial score (nSPS) is 14.5. The van der Waals surface area contributed by atoms with Gasteiger partial charge in [-0.15, -0.1) is 0 Å². The van der Waals surface area contributed by atoms with Crippen LogP contribution in [0.2, 0.25) is 0 Å². The second kappa shape index (κ2) is 7.44. The second-order valence-corrected chi connectivity index (χ2v) is 6.93. The van der Waals surface area contributed by atoms with Crippen LogP contribution in [0, 0.1) is 6.92 Å². The van der Waals surface area contributed by atoms with Crippen LogP contribution in [0.5, 0.6) is 0 Å². The van der Waals surface area contributed by atoms with Crippen LogP contribution < -0.4 is 5.73 Å². The highest BCUT2D eigenvalue weighted by molar-refractivity contribution is 5.94. The summed E-state index contributed by atoms with van der Waals surface area (Å²) in [7, 11) is 0. The van der Waals surface area contributed by atoms with Gasteiger partial charge in [0.15, 0.2) is 0 Å². The number of fused-ring (bicyclic) bond motifs is 1. The maximum absolute atomic E-state index is 13.0. The Bertz CT molecular complexity index is 1020. The van der Waals surface area contributed by atoms with Gasteiger partial charge < -0.3 is 15.5 Å². The average Bonchev–Trinajstić information content (AvgIpc) is 3.08. The maximum Gasteiger partial charge on any atom is 0.255 e. The lowest BCUT2D eigenvalue weighted by Gasteiger charge is -2.34. The Labute approximate surface area is 163 Å². The van der Waals surface area contributed by atoms with Gasteiger partial charge in [0.25, 0.3) is 5.91 Å². The standard InChI is InChI=1S/C21H23N5O2/c1-15-20(16-5-3-2-4-6-16)26-14-17(7-8-18(26)23-15)21(28)25-11-9-24(10-12-25)19(27)13-22/h2-8,14H,9-13,22H2,1H3. The molecule has 28 heavy (non-hydrogen) atoms. The fraction of sp³-hybridized carbons (Fsp3) is 0.286.